The fourth-order valence-electron chi connectivity index (χ4n) is 2.14. The summed E-state index contributed by atoms with van der Waals surface area (Å²) in [7, 11) is 0. The van der Waals surface area contributed by atoms with Crippen LogP contribution in [0.1, 0.15) is 32.6 Å². The quantitative estimate of drug-likeness (QED) is 0.250. The van der Waals surface area contributed by atoms with Gasteiger partial charge in [0, 0.05) is 26.1 Å². The molecule has 0 fully saturated rings. The van der Waals surface area contributed by atoms with Gasteiger partial charge in [0.2, 0.25) is 0 Å². The number of aromatic nitrogens is 4. The lowest BCUT2D eigenvalue weighted by molar-refractivity contribution is -0.385. The summed E-state index contributed by atoms with van der Waals surface area (Å²) in [4.78, 5) is 30.6. The van der Waals surface area contributed by atoms with Gasteiger partial charge in [-0.2, -0.15) is 10.2 Å². The number of nitrogens with zero attached hydrogens (tertiary/aromatic N) is 6. The minimum atomic E-state index is -0.505. The zero-order valence-electron chi connectivity index (χ0n) is 16.0. The molecule has 160 valence electrons. The van der Waals surface area contributed by atoms with Gasteiger partial charge in [0.05, 0.1) is 16.5 Å². The van der Waals surface area contributed by atoms with Crippen LogP contribution in [0.25, 0.3) is 0 Å². The molecule has 1 N–H and O–H groups in total. The maximum atomic E-state index is 11.0. The summed E-state index contributed by atoms with van der Waals surface area (Å²) in [5.41, 5.74) is -0.0415. The average molecular weight is 412 g/mol. The number of aliphatic hydroxyl groups is 1. The molecule has 0 spiro atoms. The predicted octanol–water partition coefficient (Wildman–Crippen LogP) is 1.70. The second kappa shape index (κ2) is 12.9. The molecule has 0 bridgehead atoms. The van der Waals surface area contributed by atoms with E-state index in [0.29, 0.717) is 39.0 Å². The Morgan fingerprint density at radius 3 is 1.97 bits per heavy atom. The molecule has 0 saturated heterocycles. The van der Waals surface area contributed by atoms with Crippen LogP contribution in [0.15, 0.2) is 24.8 Å². The third-order valence-corrected chi connectivity index (χ3v) is 3.53. The van der Waals surface area contributed by atoms with Crippen LogP contribution < -0.4 is 0 Å². The second-order valence-electron chi connectivity index (χ2n) is 5.78. The van der Waals surface area contributed by atoms with Crippen molar-refractivity contribution in [1.82, 2.24) is 19.6 Å². The first-order chi connectivity index (χ1) is 13.9. The summed E-state index contributed by atoms with van der Waals surface area (Å²) < 4.78 is 7.70. The number of carbonyl (C=O) groups is 1. The van der Waals surface area contributed by atoms with Crippen molar-refractivity contribution in [3.8, 4) is 0 Å². The zero-order chi connectivity index (χ0) is 21.6. The van der Waals surface area contributed by atoms with Crippen LogP contribution in [-0.4, -0.2) is 53.7 Å². The van der Waals surface area contributed by atoms with Gasteiger partial charge >= 0.3 is 17.3 Å². The maximum absolute atomic E-state index is 11.0. The van der Waals surface area contributed by atoms with Crippen molar-refractivity contribution >= 4 is 17.3 Å². The van der Waals surface area contributed by atoms with Crippen LogP contribution in [0.4, 0.5) is 11.4 Å². The van der Waals surface area contributed by atoms with E-state index in [9.17, 15) is 25.0 Å². The first-order valence-corrected chi connectivity index (χ1v) is 8.97. The number of aliphatic hydroxyl groups excluding tert-OH is 1. The van der Waals surface area contributed by atoms with E-state index >= 15 is 0 Å². The number of carbonyl (C=O) groups excluding carboxylic acids is 1. The van der Waals surface area contributed by atoms with Crippen molar-refractivity contribution in [3.05, 3.63) is 45.0 Å². The molecule has 29 heavy (non-hydrogen) atoms. The first kappa shape index (κ1) is 23.7. The third-order valence-electron chi connectivity index (χ3n) is 3.53. The number of ether oxygens (including phenoxy) is 1. The van der Waals surface area contributed by atoms with E-state index < -0.39 is 9.85 Å². The van der Waals surface area contributed by atoms with E-state index in [4.69, 9.17) is 9.84 Å². The molecule has 0 saturated carbocycles. The molecule has 0 aliphatic heterocycles. The molecule has 13 nitrogen and oxygen atoms in total. The molecule has 0 radical (unpaired) electrons. The number of rotatable bonds is 11. The van der Waals surface area contributed by atoms with Crippen molar-refractivity contribution in [2.75, 3.05) is 13.2 Å². The van der Waals surface area contributed by atoms with Crippen LogP contribution in [-0.2, 0) is 22.6 Å². The van der Waals surface area contributed by atoms with Gasteiger partial charge in [-0.15, -0.1) is 0 Å². The van der Waals surface area contributed by atoms with Gasteiger partial charge < -0.3 is 9.84 Å². The van der Waals surface area contributed by atoms with Crippen LogP contribution in [0, 0.1) is 20.2 Å². The summed E-state index contributed by atoms with van der Waals surface area (Å²) in [6.07, 6.45) is 7.44. The minimum absolute atomic E-state index is 0.00370. The average Bonchev–Trinajstić information content (AvgIpc) is 3.32. The van der Waals surface area contributed by atoms with E-state index in [0.717, 1.165) is 6.42 Å². The van der Waals surface area contributed by atoms with Gasteiger partial charge in [0.25, 0.3) is 0 Å². The van der Waals surface area contributed by atoms with E-state index in [1.165, 1.54) is 34.2 Å². The SMILES string of the molecule is CCOC(=O)CCCn1cc([N+](=O)[O-])cn1.O=[N+]([O-])c1cnn(CCCCO)c1. The highest BCUT2D eigenvalue weighted by Gasteiger charge is 2.09. The molecular weight excluding hydrogens is 388 g/mol. The van der Waals surface area contributed by atoms with Crippen molar-refractivity contribution in [2.45, 2.75) is 45.7 Å². The van der Waals surface area contributed by atoms with Gasteiger partial charge in [-0.05, 0) is 26.2 Å². The highest BCUT2D eigenvalue weighted by atomic mass is 16.6. The van der Waals surface area contributed by atoms with Crippen molar-refractivity contribution in [2.24, 2.45) is 0 Å². The Kier molecular flexibility index (Phi) is 10.6. The highest BCUT2D eigenvalue weighted by molar-refractivity contribution is 5.69. The molecule has 2 rings (SSSR count). The molecule has 2 heterocycles. The fraction of sp³-hybridized carbons (Fsp3) is 0.562. The second-order valence-corrected chi connectivity index (χ2v) is 5.78. The summed E-state index contributed by atoms with van der Waals surface area (Å²) in [6, 6.07) is 0. The molecule has 0 aromatic carbocycles. The Morgan fingerprint density at radius 2 is 1.55 bits per heavy atom. The van der Waals surface area contributed by atoms with Crippen molar-refractivity contribution in [3.63, 3.8) is 0 Å². The lowest BCUT2D eigenvalue weighted by Crippen LogP contribution is -2.06. The van der Waals surface area contributed by atoms with Crippen LogP contribution in [0.2, 0.25) is 0 Å². The zero-order valence-corrected chi connectivity index (χ0v) is 16.0. The number of unbranched alkanes of at least 4 members (excludes halogenated alkanes) is 1. The van der Waals surface area contributed by atoms with Crippen LogP contribution in [0.3, 0.4) is 0 Å². The monoisotopic (exact) mass is 412 g/mol. The Labute approximate surface area is 166 Å². The maximum Gasteiger partial charge on any atom is 0.306 e. The molecule has 13 heteroatoms. The molecule has 0 amide bonds. The summed E-state index contributed by atoms with van der Waals surface area (Å²) >= 11 is 0. The molecule has 0 atom stereocenters. The van der Waals surface area contributed by atoms with Gasteiger partial charge in [-0.1, -0.05) is 0 Å². The minimum Gasteiger partial charge on any atom is -0.466 e. The van der Waals surface area contributed by atoms with Crippen molar-refractivity contribution in [1.29, 1.82) is 0 Å². The van der Waals surface area contributed by atoms with Crippen molar-refractivity contribution < 1.29 is 24.5 Å². The van der Waals surface area contributed by atoms with Gasteiger partial charge in [-0.25, -0.2) is 0 Å². The molecule has 2 aromatic rings. The molecule has 0 aliphatic carbocycles. The highest BCUT2D eigenvalue weighted by Crippen LogP contribution is 2.09. The largest absolute Gasteiger partial charge is 0.466 e. The normalized spacial score (nSPS) is 10.1. The molecule has 0 aliphatic rings. The smallest absolute Gasteiger partial charge is 0.306 e. The summed E-state index contributed by atoms with van der Waals surface area (Å²) in [5, 5.41) is 36.7. The Balaban J connectivity index is 0.000000296. The van der Waals surface area contributed by atoms with E-state index in [1.807, 2.05) is 0 Å². The Bertz CT molecular complexity index is 788. The number of hydrogen-bond acceptors (Lipinski definition) is 9. The summed E-state index contributed by atoms with van der Waals surface area (Å²) in [6.45, 7) is 3.32. The number of esters is 1. The summed E-state index contributed by atoms with van der Waals surface area (Å²) in [5.74, 6) is -0.260. The topological polar surface area (TPSA) is 168 Å². The van der Waals surface area contributed by atoms with E-state index in [2.05, 4.69) is 10.2 Å². The standard InChI is InChI=1S/C9H13N3O4.C7H11N3O3/c1-2-16-9(13)4-3-5-11-7-8(6-10-11)12(14)15;11-4-2-1-3-9-6-7(5-8-9)10(12)13/h6-7H,2-5H2,1H3;5-6,11H,1-4H2. The number of nitro groups is 2. The molecular formula is C16H24N6O7. The van der Waals surface area contributed by atoms with E-state index in [1.54, 1.807) is 6.92 Å². The third kappa shape index (κ3) is 9.41. The molecule has 2 aromatic heterocycles. The lowest BCUT2D eigenvalue weighted by atomic mass is 10.3. The Hall–Kier alpha value is -3.35. The van der Waals surface area contributed by atoms with E-state index in [-0.39, 0.29) is 24.0 Å². The van der Waals surface area contributed by atoms with Gasteiger partial charge in [-0.3, -0.25) is 34.4 Å². The fourth-order valence-corrected chi connectivity index (χ4v) is 2.14. The number of hydrogen-bond donors (Lipinski definition) is 1. The first-order valence-electron chi connectivity index (χ1n) is 8.97. The Morgan fingerprint density at radius 1 is 1.03 bits per heavy atom. The van der Waals surface area contributed by atoms with Crippen LogP contribution in [0.5, 0.6) is 0 Å². The van der Waals surface area contributed by atoms with Gasteiger partial charge in [0.15, 0.2) is 0 Å². The van der Waals surface area contributed by atoms with Gasteiger partial charge in [0.1, 0.15) is 24.8 Å². The number of aryl methyl sites for hydroxylation is 2. The molecule has 0 unspecified atom stereocenters. The predicted molar refractivity (Wildman–Crippen MR) is 99.9 cm³/mol. The van der Waals surface area contributed by atoms with Crippen LogP contribution >= 0.6 is 0 Å². The lowest BCUT2D eigenvalue weighted by Gasteiger charge is -2.01.